The molecule has 1 aliphatic rings. The predicted molar refractivity (Wildman–Crippen MR) is 130 cm³/mol. The van der Waals surface area contributed by atoms with Gasteiger partial charge in [-0.2, -0.15) is 0 Å². The van der Waals surface area contributed by atoms with E-state index in [0.717, 1.165) is 39.5 Å². The average Bonchev–Trinajstić information content (AvgIpc) is 3.02. The van der Waals surface area contributed by atoms with Gasteiger partial charge in [0.2, 0.25) is 0 Å². The van der Waals surface area contributed by atoms with Crippen molar-refractivity contribution >= 4 is 48.2 Å². The fourth-order valence-electron chi connectivity index (χ4n) is 4.07. The summed E-state index contributed by atoms with van der Waals surface area (Å²) in [4.78, 5) is 0.272. The predicted octanol–water partition coefficient (Wildman–Crippen LogP) is 5.38. The van der Waals surface area contributed by atoms with Crippen LogP contribution in [0.15, 0.2) is 51.8 Å². The van der Waals surface area contributed by atoms with E-state index in [2.05, 4.69) is 20.7 Å². The van der Waals surface area contributed by atoms with Gasteiger partial charge < -0.3 is 4.55 Å². The maximum Gasteiger partial charge on any atom is 0.268 e. The first-order valence-electron chi connectivity index (χ1n) is 10.3. The number of nitrogens with one attached hydrogen (secondary N) is 1. The Hall–Kier alpha value is -1.32. The fraction of sp³-hybridized carbons (Fsp3) is 0.391. The Labute approximate surface area is 195 Å². The van der Waals surface area contributed by atoms with E-state index in [9.17, 15) is 13.0 Å². The van der Waals surface area contributed by atoms with Crippen LogP contribution in [0.5, 0.6) is 0 Å². The minimum atomic E-state index is -3.78. The Morgan fingerprint density at radius 1 is 1.16 bits per heavy atom. The molecule has 2 atom stereocenters. The van der Waals surface area contributed by atoms with Gasteiger partial charge in [-0.3, -0.25) is 0 Å². The van der Waals surface area contributed by atoms with Gasteiger partial charge in [0.25, 0.3) is 10.0 Å². The number of halogens is 1. The Kier molecular flexibility index (Phi) is 6.07. The van der Waals surface area contributed by atoms with Crippen LogP contribution >= 0.6 is 15.9 Å². The number of hydrogen-bond acceptors (Lipinski definition) is 4. The Morgan fingerprint density at radius 2 is 1.84 bits per heavy atom. The molecule has 0 unspecified atom stereocenters. The molecule has 1 N–H and O–H groups in total. The molecule has 8 heteroatoms. The van der Waals surface area contributed by atoms with Crippen molar-refractivity contribution in [3.63, 3.8) is 0 Å². The molecule has 0 fully saturated rings. The molecule has 5 nitrogen and oxygen atoms in total. The van der Waals surface area contributed by atoms with Gasteiger partial charge in [-0.05, 0) is 77.3 Å². The molecule has 0 amide bonds. The molecule has 31 heavy (non-hydrogen) atoms. The van der Waals surface area contributed by atoms with E-state index in [4.69, 9.17) is 0 Å². The van der Waals surface area contributed by atoms with E-state index in [1.54, 1.807) is 12.1 Å². The summed E-state index contributed by atoms with van der Waals surface area (Å²) in [6.45, 7) is 7.73. The van der Waals surface area contributed by atoms with Crippen molar-refractivity contribution < 1.29 is 13.0 Å². The summed E-state index contributed by atoms with van der Waals surface area (Å²) in [6.07, 6.45) is 2.30. The van der Waals surface area contributed by atoms with E-state index in [0.29, 0.717) is 11.9 Å². The molecular formula is C23H27BrN2O3S2. The smallest absolute Gasteiger partial charge is 0.268 e. The molecule has 4 rings (SSSR count). The number of benzene rings is 2. The molecule has 0 bridgehead atoms. The summed E-state index contributed by atoms with van der Waals surface area (Å²) in [5.41, 5.74) is 3.39. The van der Waals surface area contributed by atoms with Gasteiger partial charge in [0.15, 0.2) is 0 Å². The molecule has 0 aliphatic heterocycles. The van der Waals surface area contributed by atoms with Crippen molar-refractivity contribution in [2.45, 2.75) is 62.6 Å². The summed E-state index contributed by atoms with van der Waals surface area (Å²) >= 11 is 2.27. The lowest BCUT2D eigenvalue weighted by Gasteiger charge is -2.30. The Balaban J connectivity index is 1.94. The third kappa shape index (κ3) is 4.20. The summed E-state index contributed by atoms with van der Waals surface area (Å²) in [7, 11) is -3.78. The fourth-order valence-corrected chi connectivity index (χ4v) is 6.87. The van der Waals surface area contributed by atoms with Gasteiger partial charge in [-0.25, -0.2) is 12.4 Å². The van der Waals surface area contributed by atoms with Crippen LogP contribution in [-0.2, 0) is 27.8 Å². The summed E-state index contributed by atoms with van der Waals surface area (Å²) < 4.78 is 45.6. The highest BCUT2D eigenvalue weighted by Crippen LogP contribution is 2.41. The second kappa shape index (κ2) is 8.23. The van der Waals surface area contributed by atoms with Gasteiger partial charge in [-0.15, -0.1) is 4.72 Å². The summed E-state index contributed by atoms with van der Waals surface area (Å²) in [5, 5.41) is 0.878. The third-order valence-electron chi connectivity index (χ3n) is 5.64. The SMILES string of the molecule is Cc1ccc(S(=O)(=O)n2c3c(c4cc(Br)ccc42)[C@@H](N[S@+]([O-])C(C)(C)C)CCC3)cc1. The van der Waals surface area contributed by atoms with Crippen molar-refractivity contribution in [3.05, 3.63) is 63.8 Å². The number of nitrogens with zero attached hydrogens (tertiary/aromatic N) is 1. The molecule has 1 aromatic heterocycles. The molecule has 2 aromatic carbocycles. The van der Waals surface area contributed by atoms with E-state index in [1.165, 1.54) is 3.97 Å². The highest BCUT2D eigenvalue weighted by molar-refractivity contribution is 9.10. The first kappa shape index (κ1) is 22.9. The van der Waals surface area contributed by atoms with Crippen LogP contribution in [0.25, 0.3) is 10.9 Å². The lowest BCUT2D eigenvalue weighted by Crippen LogP contribution is -2.42. The molecule has 1 heterocycles. The number of aryl methyl sites for hydroxylation is 1. The van der Waals surface area contributed by atoms with Crippen LogP contribution in [0, 0.1) is 6.92 Å². The zero-order valence-corrected chi connectivity index (χ0v) is 21.3. The normalized spacial score (nSPS) is 18.2. The van der Waals surface area contributed by atoms with Crippen LogP contribution < -0.4 is 4.72 Å². The van der Waals surface area contributed by atoms with E-state index in [-0.39, 0.29) is 10.9 Å². The van der Waals surface area contributed by atoms with Crippen LogP contribution in [0.3, 0.4) is 0 Å². The minimum Gasteiger partial charge on any atom is -0.598 e. The van der Waals surface area contributed by atoms with Crippen molar-refractivity contribution in [1.82, 2.24) is 8.69 Å². The minimum absolute atomic E-state index is 0.171. The Morgan fingerprint density at radius 3 is 2.48 bits per heavy atom. The number of aromatic nitrogens is 1. The average molecular weight is 524 g/mol. The maximum atomic E-state index is 13.7. The van der Waals surface area contributed by atoms with Crippen molar-refractivity contribution in [2.24, 2.45) is 0 Å². The number of hydrogen-bond donors (Lipinski definition) is 1. The van der Waals surface area contributed by atoms with Crippen molar-refractivity contribution in [1.29, 1.82) is 0 Å². The van der Waals surface area contributed by atoms with Crippen molar-refractivity contribution in [3.8, 4) is 0 Å². The highest BCUT2D eigenvalue weighted by Gasteiger charge is 2.36. The first-order chi connectivity index (χ1) is 14.5. The summed E-state index contributed by atoms with van der Waals surface area (Å²) in [5.74, 6) is 0. The van der Waals surface area contributed by atoms with Gasteiger partial charge in [0.05, 0.1) is 16.5 Å². The summed E-state index contributed by atoms with van der Waals surface area (Å²) in [6, 6.07) is 12.5. The molecule has 166 valence electrons. The molecule has 0 saturated carbocycles. The van der Waals surface area contributed by atoms with Gasteiger partial charge in [-0.1, -0.05) is 33.6 Å². The topological polar surface area (TPSA) is 74.2 Å². The van der Waals surface area contributed by atoms with Gasteiger partial charge >= 0.3 is 0 Å². The van der Waals surface area contributed by atoms with Crippen LogP contribution in [0.4, 0.5) is 0 Å². The second-order valence-electron chi connectivity index (χ2n) is 9.05. The van der Waals surface area contributed by atoms with Gasteiger partial charge in [0, 0.05) is 32.5 Å². The van der Waals surface area contributed by atoms with Crippen LogP contribution in [0.2, 0.25) is 0 Å². The molecule has 0 saturated heterocycles. The van der Waals surface area contributed by atoms with E-state index in [1.807, 2.05) is 58.0 Å². The quantitative estimate of drug-likeness (QED) is 0.466. The maximum absolute atomic E-state index is 13.7. The molecule has 3 aromatic rings. The standard InChI is InChI=1S/C23H27BrN2O3S2/c1-15-8-11-17(12-9-15)31(28,29)26-20-13-10-16(24)14-18(20)22-19(6-5-7-21(22)26)25-30(27)23(2,3)4/h8-14,19,25H,5-7H2,1-4H3/t19-,30+/m0/s1. The number of fused-ring (bicyclic) bond motifs is 3. The van der Waals surface area contributed by atoms with Gasteiger partial charge in [0.1, 0.15) is 4.75 Å². The van der Waals surface area contributed by atoms with Crippen molar-refractivity contribution in [2.75, 3.05) is 0 Å². The van der Waals surface area contributed by atoms with E-state index >= 15 is 0 Å². The lowest BCUT2D eigenvalue weighted by atomic mass is 9.91. The molecule has 0 radical (unpaired) electrons. The largest absolute Gasteiger partial charge is 0.598 e. The number of rotatable bonds is 4. The Bertz CT molecular complexity index is 1230. The third-order valence-corrected chi connectivity index (χ3v) is 9.51. The molecule has 0 spiro atoms. The van der Waals surface area contributed by atoms with Crippen LogP contribution in [0.1, 0.15) is 56.5 Å². The second-order valence-corrected chi connectivity index (χ2v) is 13.7. The lowest BCUT2D eigenvalue weighted by molar-refractivity contribution is 0.488. The molecule has 1 aliphatic carbocycles. The zero-order chi connectivity index (χ0) is 22.6. The van der Waals surface area contributed by atoms with Crippen LogP contribution in [-0.4, -0.2) is 21.7 Å². The zero-order valence-electron chi connectivity index (χ0n) is 18.1. The van der Waals surface area contributed by atoms with E-state index < -0.39 is 26.1 Å². The monoisotopic (exact) mass is 522 g/mol. The highest BCUT2D eigenvalue weighted by atomic mass is 79.9. The molecular weight excluding hydrogens is 496 g/mol. The first-order valence-corrected chi connectivity index (χ1v) is 13.7.